The van der Waals surface area contributed by atoms with Crippen molar-refractivity contribution >= 4 is 11.9 Å². The van der Waals surface area contributed by atoms with Gasteiger partial charge >= 0.3 is 18.3 Å². The summed E-state index contributed by atoms with van der Waals surface area (Å²) in [5.74, 6) is -3.50. The maximum absolute atomic E-state index is 12.6. The van der Waals surface area contributed by atoms with Crippen molar-refractivity contribution in [3.8, 4) is 22.5 Å². The largest absolute Gasteiger partial charge is 0.475 e. The highest BCUT2D eigenvalue weighted by Crippen LogP contribution is 2.32. The Kier molecular flexibility index (Phi) is 8.21. The molecular weight excluding hydrogens is 552 g/mol. The quantitative estimate of drug-likeness (QED) is 0.272. The molecule has 0 radical (unpaired) electrons. The number of benzene rings is 2. The van der Waals surface area contributed by atoms with Crippen LogP contribution in [0.1, 0.15) is 32.4 Å². The molecule has 16 heteroatoms. The van der Waals surface area contributed by atoms with Crippen LogP contribution < -0.4 is 16.9 Å². The third-order valence-electron chi connectivity index (χ3n) is 4.89. The maximum Gasteiger partial charge on any atom is 0.416 e. The van der Waals surface area contributed by atoms with E-state index in [1.165, 1.54) is 18.2 Å². The van der Waals surface area contributed by atoms with Crippen molar-refractivity contribution < 1.29 is 41.0 Å². The average molecular weight is 567 g/mol. The van der Waals surface area contributed by atoms with Crippen LogP contribution >= 0.6 is 0 Å². The monoisotopic (exact) mass is 567 g/mol. The zero-order valence-corrected chi connectivity index (χ0v) is 19.6. The van der Waals surface area contributed by atoms with Crippen LogP contribution in [0.2, 0.25) is 0 Å². The smallest absolute Gasteiger partial charge is 0.416 e. The van der Waals surface area contributed by atoms with E-state index in [9.17, 15) is 45.5 Å². The molecule has 0 saturated heterocycles. The molecule has 0 spiro atoms. The molecule has 5 N–H and O–H groups in total. The molecule has 4 aromatic rings. The number of nitrogens with zero attached hydrogens (tertiary/aromatic N) is 2. The number of aromatic amines is 2. The summed E-state index contributed by atoms with van der Waals surface area (Å²) in [6, 6.07) is 10.3. The normalized spacial score (nSPS) is 11.3. The number of carbonyl (C=O) groups excluding carboxylic acids is 1. The molecule has 0 aliphatic heterocycles. The van der Waals surface area contributed by atoms with Gasteiger partial charge in [-0.1, -0.05) is 24.3 Å². The molecular formula is C24H15F6N5O5. The molecule has 40 heavy (non-hydrogen) atoms. The van der Waals surface area contributed by atoms with E-state index in [0.717, 1.165) is 42.5 Å². The molecule has 2 aromatic heterocycles. The van der Waals surface area contributed by atoms with E-state index in [2.05, 4.69) is 15.0 Å². The lowest BCUT2D eigenvalue weighted by Crippen LogP contribution is -2.21. The van der Waals surface area contributed by atoms with Crippen molar-refractivity contribution in [1.82, 2.24) is 19.9 Å². The van der Waals surface area contributed by atoms with Gasteiger partial charge in [0.2, 0.25) is 5.82 Å². The van der Waals surface area contributed by atoms with Gasteiger partial charge in [-0.25, -0.2) is 14.8 Å². The summed E-state index contributed by atoms with van der Waals surface area (Å²) in [6.07, 6.45) is -9.05. The van der Waals surface area contributed by atoms with Crippen LogP contribution in [0.25, 0.3) is 22.5 Å². The molecule has 0 saturated carbocycles. The van der Waals surface area contributed by atoms with Crippen molar-refractivity contribution in [2.75, 3.05) is 0 Å². The number of hydrogen-bond acceptors (Lipinski definition) is 6. The number of nitrogens with two attached hydrogens (primary N) is 1. The van der Waals surface area contributed by atoms with Crippen molar-refractivity contribution in [2.45, 2.75) is 12.4 Å². The van der Waals surface area contributed by atoms with Crippen LogP contribution in [-0.4, -0.2) is 36.9 Å². The molecule has 2 heterocycles. The number of nitrogens with one attached hydrogen (secondary N) is 2. The van der Waals surface area contributed by atoms with Crippen LogP contribution in [-0.2, 0) is 12.4 Å². The number of amides is 1. The number of aromatic carboxylic acids is 1. The van der Waals surface area contributed by atoms with Gasteiger partial charge in [0, 0.05) is 23.3 Å². The van der Waals surface area contributed by atoms with Gasteiger partial charge in [-0.15, -0.1) is 0 Å². The topological polar surface area (TPSA) is 172 Å². The summed E-state index contributed by atoms with van der Waals surface area (Å²) < 4.78 is 75.6. The summed E-state index contributed by atoms with van der Waals surface area (Å²) in [5.41, 5.74) is 1.62. The molecule has 0 aliphatic carbocycles. The van der Waals surface area contributed by atoms with E-state index in [1.54, 1.807) is 0 Å². The Morgan fingerprint density at radius 2 is 1.10 bits per heavy atom. The van der Waals surface area contributed by atoms with Gasteiger partial charge in [0.05, 0.1) is 22.5 Å². The minimum absolute atomic E-state index is 0.00780. The number of rotatable bonds is 4. The van der Waals surface area contributed by atoms with Gasteiger partial charge in [0.15, 0.2) is 5.82 Å². The molecule has 208 valence electrons. The van der Waals surface area contributed by atoms with E-state index in [4.69, 9.17) is 10.8 Å². The van der Waals surface area contributed by atoms with E-state index in [-0.39, 0.29) is 22.5 Å². The molecule has 1 amide bonds. The van der Waals surface area contributed by atoms with Crippen molar-refractivity contribution in [3.63, 3.8) is 0 Å². The lowest BCUT2D eigenvalue weighted by molar-refractivity contribution is -0.138. The zero-order chi connectivity index (χ0) is 29.8. The predicted octanol–water partition coefficient (Wildman–Crippen LogP) is 3.71. The second-order valence-electron chi connectivity index (χ2n) is 7.79. The Balaban J connectivity index is 0.000000220. The number of carboxylic acid groups (broad SMARTS) is 1. The first-order valence-corrected chi connectivity index (χ1v) is 10.7. The molecule has 2 aromatic carbocycles. The molecule has 0 aliphatic rings. The fourth-order valence-electron chi connectivity index (χ4n) is 3.14. The van der Waals surface area contributed by atoms with E-state index in [1.807, 2.05) is 4.98 Å². The van der Waals surface area contributed by atoms with Gasteiger partial charge in [-0.2, -0.15) is 26.3 Å². The number of aromatic nitrogens is 4. The second-order valence-corrected chi connectivity index (χ2v) is 7.79. The lowest BCUT2D eigenvalue weighted by atomic mass is 10.1. The number of halogens is 6. The third kappa shape index (κ3) is 7.40. The first-order valence-electron chi connectivity index (χ1n) is 10.7. The average Bonchev–Trinajstić information content (AvgIpc) is 2.87. The molecule has 10 nitrogen and oxygen atoms in total. The first-order chi connectivity index (χ1) is 18.5. The highest BCUT2D eigenvalue weighted by atomic mass is 19.4. The second kappa shape index (κ2) is 11.2. The summed E-state index contributed by atoms with van der Waals surface area (Å²) in [4.78, 5) is 55.8. The van der Waals surface area contributed by atoms with Gasteiger partial charge in [0.25, 0.3) is 17.0 Å². The highest BCUT2D eigenvalue weighted by Gasteiger charge is 2.31. The summed E-state index contributed by atoms with van der Waals surface area (Å²) in [7, 11) is 0. The van der Waals surface area contributed by atoms with Gasteiger partial charge in [0.1, 0.15) is 0 Å². The molecule has 0 atom stereocenters. The number of primary amides is 1. The van der Waals surface area contributed by atoms with Crippen LogP contribution in [0, 0.1) is 0 Å². The maximum atomic E-state index is 12.6. The lowest BCUT2D eigenvalue weighted by Gasteiger charge is -2.08. The SMILES string of the molecule is NC(=O)c1nc(-c2cccc(C(F)(F)F)c2)cc(=O)[nH]1.O=C(O)c1nc(-c2cccc(C(F)(F)F)c2)cc(=O)[nH]1. The highest BCUT2D eigenvalue weighted by molar-refractivity contribution is 5.89. The number of H-pyrrole nitrogens is 2. The van der Waals surface area contributed by atoms with Crippen molar-refractivity contribution in [1.29, 1.82) is 0 Å². The van der Waals surface area contributed by atoms with Gasteiger partial charge in [-0.3, -0.25) is 14.4 Å². The van der Waals surface area contributed by atoms with E-state index in [0.29, 0.717) is 0 Å². The minimum atomic E-state index is -4.53. The first kappa shape index (κ1) is 29.3. The Hall–Kier alpha value is -5.28. The van der Waals surface area contributed by atoms with Crippen LogP contribution in [0.3, 0.4) is 0 Å². The Morgan fingerprint density at radius 1 is 0.700 bits per heavy atom. The van der Waals surface area contributed by atoms with E-state index < -0.39 is 58.1 Å². The number of hydrogen-bond donors (Lipinski definition) is 4. The van der Waals surface area contributed by atoms with Gasteiger partial charge in [-0.05, 0) is 24.3 Å². The fourth-order valence-corrected chi connectivity index (χ4v) is 3.14. The summed E-state index contributed by atoms with van der Waals surface area (Å²) in [6.45, 7) is 0. The van der Waals surface area contributed by atoms with Crippen molar-refractivity contribution in [2.24, 2.45) is 5.73 Å². The summed E-state index contributed by atoms with van der Waals surface area (Å²) >= 11 is 0. The van der Waals surface area contributed by atoms with Gasteiger partial charge < -0.3 is 20.8 Å². The van der Waals surface area contributed by atoms with Crippen molar-refractivity contribution in [3.05, 3.63) is 104 Å². The Morgan fingerprint density at radius 3 is 1.48 bits per heavy atom. The van der Waals surface area contributed by atoms with Crippen LogP contribution in [0.4, 0.5) is 26.3 Å². The third-order valence-corrected chi connectivity index (χ3v) is 4.89. The minimum Gasteiger partial charge on any atom is -0.475 e. The van der Waals surface area contributed by atoms with Crippen LogP contribution in [0.5, 0.6) is 0 Å². The number of alkyl halides is 6. The molecule has 0 bridgehead atoms. The zero-order valence-electron chi connectivity index (χ0n) is 19.6. The number of carbonyl (C=O) groups is 2. The standard InChI is InChI=1S/C12H8F3N3O2.C12H7F3N2O3/c13-12(14,15)7-3-1-2-6(4-7)8-5-9(19)18-11(17-8)10(16)20;13-12(14,15)7-3-1-2-6(4-7)8-5-9(18)17-10(16-8)11(19)20/h1-5H,(H2,16,20)(H,17,18,19);1-5H,(H,19,20)(H,16,17,18). The summed E-state index contributed by atoms with van der Waals surface area (Å²) in [5, 5.41) is 8.75. The predicted molar refractivity (Wildman–Crippen MR) is 126 cm³/mol. The molecule has 0 fully saturated rings. The number of carboxylic acids is 1. The Labute approximate surface area is 218 Å². The molecule has 0 unspecified atom stereocenters. The van der Waals surface area contributed by atoms with Crippen LogP contribution in [0.15, 0.2) is 70.3 Å². The fraction of sp³-hybridized carbons (Fsp3) is 0.0833. The van der Waals surface area contributed by atoms with E-state index >= 15 is 0 Å². The Bertz CT molecular complexity index is 1570. The molecule has 4 rings (SSSR count).